The second-order valence-corrected chi connectivity index (χ2v) is 6.03. The molecular formula is C17H15N5OS. The third-order valence-corrected chi connectivity index (χ3v) is 4.17. The number of H-pyrrole nitrogens is 1. The Hall–Kier alpha value is -2.98. The van der Waals surface area contributed by atoms with Crippen LogP contribution >= 0.6 is 11.9 Å². The van der Waals surface area contributed by atoms with Crippen molar-refractivity contribution in [1.29, 1.82) is 5.26 Å². The molecule has 0 bridgehead atoms. The molecule has 7 heteroatoms. The molecule has 3 rings (SSSR count). The number of anilines is 2. The fourth-order valence-corrected chi connectivity index (χ4v) is 2.92. The Balaban J connectivity index is 2.14. The van der Waals surface area contributed by atoms with Gasteiger partial charge in [0.25, 0.3) is 0 Å². The molecule has 0 saturated heterocycles. The lowest BCUT2D eigenvalue weighted by Gasteiger charge is -2.10. The summed E-state index contributed by atoms with van der Waals surface area (Å²) < 4.78 is 3.20. The molecule has 0 radical (unpaired) electrons. The fraction of sp³-hybridized carbons (Fsp3) is 0.118. The van der Waals surface area contributed by atoms with Crippen LogP contribution in [-0.4, -0.2) is 22.1 Å². The fourth-order valence-electron chi connectivity index (χ4n) is 2.49. The van der Waals surface area contributed by atoms with Crippen LogP contribution < -0.4 is 10.0 Å². The molecule has 2 heterocycles. The van der Waals surface area contributed by atoms with Gasteiger partial charge in [-0.2, -0.15) is 5.26 Å². The first kappa shape index (κ1) is 15.9. The largest absolute Gasteiger partial charge is 0.346 e. The normalized spacial score (nSPS) is 10.3. The molecule has 0 aliphatic rings. The smallest absolute Gasteiger partial charge is 0.212 e. The monoisotopic (exact) mass is 337 g/mol. The number of hydrogen-bond acceptors (Lipinski definition) is 5. The molecule has 0 fully saturated rings. The number of pyridine rings is 1. The number of hydrogen-bond donors (Lipinski definition) is 3. The number of carbonyl (C=O) groups is 1. The summed E-state index contributed by atoms with van der Waals surface area (Å²) in [5.74, 6) is 1.36. The van der Waals surface area contributed by atoms with Crippen LogP contribution in [0.25, 0.3) is 22.2 Å². The number of benzene rings is 1. The van der Waals surface area contributed by atoms with E-state index in [1.807, 2.05) is 24.3 Å². The summed E-state index contributed by atoms with van der Waals surface area (Å²) in [5.41, 5.74) is 3.74. The van der Waals surface area contributed by atoms with E-state index in [0.29, 0.717) is 23.4 Å². The highest BCUT2D eigenvalue weighted by Gasteiger charge is 2.13. The van der Waals surface area contributed by atoms with Crippen molar-refractivity contribution in [1.82, 2.24) is 9.97 Å². The maximum atomic E-state index is 10.7. The standard InChI is InChI=1S/C17H15N5OS/c1-2-24-22-12-3-4-13(11(7-12)9-18)15-8-16(20-10-23)21-17-14(15)5-6-19-17/h3-8,10,22H,2H2,1H3,(H2,19,20,21,23). The third kappa shape index (κ3) is 3.05. The van der Waals surface area contributed by atoms with E-state index in [-0.39, 0.29) is 0 Å². The maximum Gasteiger partial charge on any atom is 0.212 e. The van der Waals surface area contributed by atoms with Crippen LogP contribution in [0.4, 0.5) is 11.5 Å². The highest BCUT2D eigenvalue weighted by molar-refractivity contribution is 8.00. The average molecular weight is 337 g/mol. The van der Waals surface area contributed by atoms with Gasteiger partial charge >= 0.3 is 0 Å². The highest BCUT2D eigenvalue weighted by atomic mass is 32.2. The molecule has 0 aliphatic heterocycles. The van der Waals surface area contributed by atoms with Gasteiger partial charge in [0.15, 0.2) is 0 Å². The molecule has 3 aromatic rings. The summed E-state index contributed by atoms with van der Waals surface area (Å²) >= 11 is 1.57. The molecule has 0 spiro atoms. The lowest BCUT2D eigenvalue weighted by atomic mass is 9.98. The Morgan fingerprint density at radius 2 is 2.21 bits per heavy atom. The van der Waals surface area contributed by atoms with Gasteiger partial charge in [-0.15, -0.1) is 0 Å². The summed E-state index contributed by atoms with van der Waals surface area (Å²) in [4.78, 5) is 18.1. The molecule has 120 valence electrons. The Labute approximate surface area is 143 Å². The van der Waals surface area contributed by atoms with Gasteiger partial charge in [0.05, 0.1) is 11.6 Å². The Morgan fingerprint density at radius 3 is 2.96 bits per heavy atom. The lowest BCUT2D eigenvalue weighted by Crippen LogP contribution is -1.98. The predicted octanol–water partition coefficient (Wildman–Crippen LogP) is 3.75. The molecule has 0 unspecified atom stereocenters. The van der Waals surface area contributed by atoms with E-state index in [0.717, 1.165) is 28.0 Å². The quantitative estimate of drug-likeness (QED) is 0.470. The molecule has 1 amide bonds. The summed E-state index contributed by atoms with van der Waals surface area (Å²) in [5, 5.41) is 13.0. The van der Waals surface area contributed by atoms with E-state index < -0.39 is 0 Å². The summed E-state index contributed by atoms with van der Waals surface area (Å²) in [7, 11) is 0. The molecule has 6 nitrogen and oxygen atoms in total. The van der Waals surface area contributed by atoms with Crippen molar-refractivity contribution in [3.8, 4) is 17.2 Å². The van der Waals surface area contributed by atoms with Crippen LogP contribution in [0.2, 0.25) is 0 Å². The van der Waals surface area contributed by atoms with Gasteiger partial charge in [0.2, 0.25) is 6.41 Å². The molecule has 0 saturated carbocycles. The second kappa shape index (κ2) is 7.06. The van der Waals surface area contributed by atoms with Gasteiger partial charge < -0.3 is 15.0 Å². The molecule has 1 aromatic carbocycles. The zero-order valence-electron chi connectivity index (χ0n) is 13.0. The SMILES string of the molecule is CCSNc1ccc(-c2cc(NC=O)nc3[nH]ccc23)c(C#N)c1. The van der Waals surface area contributed by atoms with Crippen LogP contribution in [0.3, 0.4) is 0 Å². The highest BCUT2D eigenvalue weighted by Crippen LogP contribution is 2.33. The van der Waals surface area contributed by atoms with Crippen molar-refractivity contribution in [3.05, 3.63) is 42.1 Å². The molecule has 3 N–H and O–H groups in total. The average Bonchev–Trinajstić information content (AvgIpc) is 3.08. The number of amides is 1. The Bertz CT molecular complexity index is 928. The number of fused-ring (bicyclic) bond motifs is 1. The van der Waals surface area contributed by atoms with E-state index >= 15 is 0 Å². The Morgan fingerprint density at radius 1 is 1.33 bits per heavy atom. The van der Waals surface area contributed by atoms with Gasteiger partial charge in [-0.05, 0) is 29.8 Å². The van der Waals surface area contributed by atoms with Crippen molar-refractivity contribution < 1.29 is 4.79 Å². The van der Waals surface area contributed by atoms with Crippen LogP contribution in [0.15, 0.2) is 36.5 Å². The Kier molecular flexibility index (Phi) is 4.68. The van der Waals surface area contributed by atoms with Gasteiger partial charge in [-0.25, -0.2) is 4.98 Å². The van der Waals surface area contributed by atoms with Crippen molar-refractivity contribution in [2.45, 2.75) is 6.92 Å². The molecule has 24 heavy (non-hydrogen) atoms. The summed E-state index contributed by atoms with van der Waals surface area (Å²) in [6.07, 6.45) is 2.37. The number of nitrogens with one attached hydrogen (secondary N) is 3. The lowest BCUT2D eigenvalue weighted by molar-refractivity contribution is -0.105. The van der Waals surface area contributed by atoms with Gasteiger partial charge in [-0.1, -0.05) is 24.9 Å². The van der Waals surface area contributed by atoms with E-state index in [4.69, 9.17) is 0 Å². The van der Waals surface area contributed by atoms with Crippen molar-refractivity contribution in [2.75, 3.05) is 15.8 Å². The van der Waals surface area contributed by atoms with E-state index in [1.165, 1.54) is 0 Å². The zero-order chi connectivity index (χ0) is 16.9. The van der Waals surface area contributed by atoms with E-state index in [2.05, 4.69) is 33.0 Å². The minimum absolute atomic E-state index is 0.433. The van der Waals surface area contributed by atoms with Crippen molar-refractivity contribution >= 4 is 40.9 Å². The van der Waals surface area contributed by atoms with E-state index in [9.17, 15) is 10.1 Å². The van der Waals surface area contributed by atoms with Crippen LogP contribution in [-0.2, 0) is 4.79 Å². The van der Waals surface area contributed by atoms with Crippen LogP contribution in [0.1, 0.15) is 12.5 Å². The molecule has 0 atom stereocenters. The first-order chi connectivity index (χ1) is 11.8. The number of nitrogens with zero attached hydrogens (tertiary/aromatic N) is 2. The number of rotatable bonds is 6. The zero-order valence-corrected chi connectivity index (χ0v) is 13.8. The maximum absolute atomic E-state index is 10.7. The van der Waals surface area contributed by atoms with Crippen LogP contribution in [0.5, 0.6) is 0 Å². The molecular weight excluding hydrogens is 322 g/mol. The number of aromatic amines is 1. The predicted molar refractivity (Wildman–Crippen MR) is 97.7 cm³/mol. The van der Waals surface area contributed by atoms with Gasteiger partial charge in [0.1, 0.15) is 11.5 Å². The van der Waals surface area contributed by atoms with Gasteiger partial charge in [0, 0.05) is 28.6 Å². The first-order valence-corrected chi connectivity index (χ1v) is 8.36. The molecule has 0 aliphatic carbocycles. The molecule has 2 aromatic heterocycles. The number of aromatic nitrogens is 2. The van der Waals surface area contributed by atoms with E-state index in [1.54, 1.807) is 24.2 Å². The first-order valence-electron chi connectivity index (χ1n) is 7.37. The second-order valence-electron chi connectivity index (χ2n) is 4.96. The summed E-state index contributed by atoms with van der Waals surface area (Å²) in [6, 6.07) is 11.6. The van der Waals surface area contributed by atoms with Gasteiger partial charge in [-0.3, -0.25) is 4.79 Å². The number of carbonyl (C=O) groups excluding carboxylic acids is 1. The van der Waals surface area contributed by atoms with Crippen molar-refractivity contribution in [3.63, 3.8) is 0 Å². The minimum atomic E-state index is 0.433. The third-order valence-electron chi connectivity index (χ3n) is 3.50. The summed E-state index contributed by atoms with van der Waals surface area (Å²) in [6.45, 7) is 2.05. The van der Waals surface area contributed by atoms with Crippen molar-refractivity contribution in [2.24, 2.45) is 0 Å². The minimum Gasteiger partial charge on any atom is -0.346 e. The topological polar surface area (TPSA) is 93.6 Å². The number of nitriles is 1. The van der Waals surface area contributed by atoms with Crippen LogP contribution in [0, 0.1) is 11.3 Å².